The topological polar surface area (TPSA) is 50.4 Å². The fourth-order valence-corrected chi connectivity index (χ4v) is 2.14. The molecule has 0 unspecified atom stereocenters. The Bertz CT molecular complexity index is 390. The minimum atomic E-state index is -0.436. The van der Waals surface area contributed by atoms with Crippen LogP contribution in [0.15, 0.2) is 34.6 Å². The van der Waals surface area contributed by atoms with Crippen molar-refractivity contribution >= 4 is 5.78 Å². The molecule has 3 heteroatoms. The molecule has 0 aliphatic heterocycles. The molecule has 0 saturated heterocycles. The number of unbranched alkanes of at least 4 members (excludes halogenated alkanes) is 8. The maximum Gasteiger partial charge on any atom is 0.262 e. The van der Waals surface area contributed by atoms with Crippen LogP contribution in [0.5, 0.6) is 0 Å². The molecule has 3 nitrogen and oxygen atoms in total. The van der Waals surface area contributed by atoms with Gasteiger partial charge in [0.15, 0.2) is 11.5 Å². The highest BCUT2D eigenvalue weighted by atomic mass is 16.3. The molecular weight excluding hydrogens is 252 g/mol. The average molecular weight is 278 g/mol. The Kier molecular flexibility index (Phi) is 8.52. The maximum absolute atomic E-state index is 11.7. The van der Waals surface area contributed by atoms with Gasteiger partial charge in [0.25, 0.3) is 5.78 Å². The van der Waals surface area contributed by atoms with Crippen molar-refractivity contribution < 1.29 is 14.3 Å². The SMILES string of the molecule is CCCCCCCCCC/C=C(\O)C(=O)c1ccco1. The normalized spacial score (nSPS) is 11.8. The van der Waals surface area contributed by atoms with Gasteiger partial charge in [0, 0.05) is 0 Å². The van der Waals surface area contributed by atoms with Crippen LogP contribution in [0.3, 0.4) is 0 Å². The number of rotatable bonds is 11. The van der Waals surface area contributed by atoms with E-state index in [1.165, 1.54) is 44.8 Å². The van der Waals surface area contributed by atoms with Gasteiger partial charge in [-0.1, -0.05) is 51.9 Å². The number of hydrogen-bond acceptors (Lipinski definition) is 3. The quantitative estimate of drug-likeness (QED) is 0.254. The van der Waals surface area contributed by atoms with E-state index < -0.39 is 5.78 Å². The predicted molar refractivity (Wildman–Crippen MR) is 81.0 cm³/mol. The van der Waals surface area contributed by atoms with Crippen molar-refractivity contribution in [3.63, 3.8) is 0 Å². The van der Waals surface area contributed by atoms with Crippen molar-refractivity contribution in [2.75, 3.05) is 0 Å². The van der Waals surface area contributed by atoms with Crippen LogP contribution < -0.4 is 0 Å². The van der Waals surface area contributed by atoms with Gasteiger partial charge in [-0.05, 0) is 31.1 Å². The summed E-state index contributed by atoms with van der Waals surface area (Å²) >= 11 is 0. The lowest BCUT2D eigenvalue weighted by Gasteiger charge is -2.00. The second-order valence-electron chi connectivity index (χ2n) is 5.16. The van der Waals surface area contributed by atoms with E-state index in [2.05, 4.69) is 6.92 Å². The number of allylic oxidation sites excluding steroid dienone is 2. The van der Waals surface area contributed by atoms with Crippen LogP contribution in [-0.4, -0.2) is 10.9 Å². The molecule has 112 valence electrons. The molecule has 0 bridgehead atoms. The van der Waals surface area contributed by atoms with Crippen LogP contribution in [0, 0.1) is 0 Å². The first-order valence-corrected chi connectivity index (χ1v) is 7.73. The lowest BCUT2D eigenvalue weighted by atomic mass is 10.1. The number of furan rings is 1. The molecular formula is C17H26O3. The van der Waals surface area contributed by atoms with E-state index in [4.69, 9.17) is 4.42 Å². The van der Waals surface area contributed by atoms with Crippen molar-refractivity contribution in [1.82, 2.24) is 0 Å². The monoisotopic (exact) mass is 278 g/mol. The summed E-state index contributed by atoms with van der Waals surface area (Å²) in [6.45, 7) is 2.23. The van der Waals surface area contributed by atoms with Gasteiger partial charge >= 0.3 is 0 Å². The number of hydrogen-bond donors (Lipinski definition) is 1. The molecule has 1 heterocycles. The van der Waals surface area contributed by atoms with Gasteiger partial charge < -0.3 is 9.52 Å². The summed E-state index contributed by atoms with van der Waals surface area (Å²) < 4.78 is 4.96. The van der Waals surface area contributed by atoms with Crippen molar-refractivity contribution in [3.05, 3.63) is 36.0 Å². The van der Waals surface area contributed by atoms with Crippen LogP contribution in [-0.2, 0) is 0 Å². The molecule has 0 amide bonds. The van der Waals surface area contributed by atoms with Crippen molar-refractivity contribution in [2.45, 2.75) is 64.7 Å². The van der Waals surface area contributed by atoms with Crippen molar-refractivity contribution in [3.8, 4) is 0 Å². The van der Waals surface area contributed by atoms with Crippen molar-refractivity contribution in [1.29, 1.82) is 0 Å². The summed E-state index contributed by atoms with van der Waals surface area (Å²) in [5.74, 6) is -0.452. The fraction of sp³-hybridized carbons (Fsp3) is 0.588. The van der Waals surface area contributed by atoms with Gasteiger partial charge in [0.05, 0.1) is 6.26 Å². The molecule has 0 saturated carbocycles. The molecule has 1 aromatic rings. The van der Waals surface area contributed by atoms with E-state index >= 15 is 0 Å². The first kappa shape index (κ1) is 16.5. The van der Waals surface area contributed by atoms with Gasteiger partial charge in [0.1, 0.15) is 0 Å². The minimum absolute atomic E-state index is 0.190. The number of Topliss-reactive ketones (excluding diaryl/α,β-unsaturated/α-hetero) is 1. The van der Waals surface area contributed by atoms with E-state index in [-0.39, 0.29) is 11.5 Å². The van der Waals surface area contributed by atoms with Gasteiger partial charge in [-0.15, -0.1) is 0 Å². The highest BCUT2D eigenvalue weighted by Crippen LogP contribution is 2.12. The van der Waals surface area contributed by atoms with E-state index in [1.807, 2.05) is 0 Å². The Morgan fingerprint density at radius 2 is 1.80 bits per heavy atom. The summed E-state index contributed by atoms with van der Waals surface area (Å²) in [4.78, 5) is 11.7. The third-order valence-electron chi connectivity index (χ3n) is 3.37. The number of carbonyl (C=O) groups excluding carboxylic acids is 1. The zero-order valence-electron chi connectivity index (χ0n) is 12.4. The molecule has 0 aliphatic rings. The standard InChI is InChI=1S/C17H26O3/c1-2-3-4-5-6-7-8-9-10-12-15(18)17(19)16-13-11-14-20-16/h11-14,18H,2-10H2,1H3/b15-12-. The third-order valence-corrected chi connectivity index (χ3v) is 3.37. The zero-order valence-corrected chi connectivity index (χ0v) is 12.4. The highest BCUT2D eigenvalue weighted by Gasteiger charge is 2.12. The Balaban J connectivity index is 2.07. The summed E-state index contributed by atoms with van der Waals surface area (Å²) in [6, 6.07) is 3.20. The third kappa shape index (κ3) is 6.60. The molecule has 0 spiro atoms. The first-order chi connectivity index (χ1) is 9.75. The van der Waals surface area contributed by atoms with Crippen LogP contribution in [0.2, 0.25) is 0 Å². The summed E-state index contributed by atoms with van der Waals surface area (Å²) in [5, 5.41) is 9.64. The largest absolute Gasteiger partial charge is 0.504 e. The Hall–Kier alpha value is -1.51. The molecule has 0 atom stereocenters. The fourth-order valence-electron chi connectivity index (χ4n) is 2.14. The maximum atomic E-state index is 11.7. The number of ketones is 1. The lowest BCUT2D eigenvalue weighted by molar-refractivity contribution is 0.0950. The number of aliphatic hydroxyl groups excluding tert-OH is 1. The predicted octanol–water partition coefficient (Wildman–Crippen LogP) is 5.44. The Morgan fingerprint density at radius 1 is 1.15 bits per heavy atom. The second kappa shape index (κ2) is 10.3. The molecule has 0 aliphatic carbocycles. The highest BCUT2D eigenvalue weighted by molar-refractivity contribution is 6.04. The molecule has 20 heavy (non-hydrogen) atoms. The van der Waals surface area contributed by atoms with Gasteiger partial charge in [0.2, 0.25) is 0 Å². The molecule has 1 rings (SSSR count). The van der Waals surface area contributed by atoms with E-state index in [0.717, 1.165) is 19.3 Å². The molecule has 1 N–H and O–H groups in total. The van der Waals surface area contributed by atoms with Gasteiger partial charge in [-0.3, -0.25) is 4.79 Å². The molecule has 0 aromatic carbocycles. The van der Waals surface area contributed by atoms with Crippen LogP contribution in [0.25, 0.3) is 0 Å². The average Bonchev–Trinajstić information content (AvgIpc) is 2.98. The van der Waals surface area contributed by atoms with Crippen LogP contribution >= 0.6 is 0 Å². The van der Waals surface area contributed by atoms with Crippen LogP contribution in [0.1, 0.15) is 75.3 Å². The van der Waals surface area contributed by atoms with Crippen LogP contribution in [0.4, 0.5) is 0 Å². The Labute approximate surface area is 121 Å². The Morgan fingerprint density at radius 3 is 2.40 bits per heavy atom. The zero-order chi connectivity index (χ0) is 14.6. The van der Waals surface area contributed by atoms with E-state index in [1.54, 1.807) is 18.2 Å². The molecule has 0 radical (unpaired) electrons. The summed E-state index contributed by atoms with van der Waals surface area (Å²) in [7, 11) is 0. The second-order valence-corrected chi connectivity index (χ2v) is 5.16. The van der Waals surface area contributed by atoms with Crippen molar-refractivity contribution in [2.24, 2.45) is 0 Å². The van der Waals surface area contributed by atoms with E-state index in [0.29, 0.717) is 0 Å². The van der Waals surface area contributed by atoms with Gasteiger partial charge in [-0.25, -0.2) is 0 Å². The van der Waals surface area contributed by atoms with Gasteiger partial charge in [-0.2, -0.15) is 0 Å². The summed E-state index contributed by atoms with van der Waals surface area (Å²) in [6.07, 6.45) is 13.8. The molecule has 1 aromatic heterocycles. The lowest BCUT2D eigenvalue weighted by Crippen LogP contribution is -2.01. The number of carbonyl (C=O) groups is 1. The molecule has 0 fully saturated rings. The first-order valence-electron chi connectivity index (χ1n) is 7.73. The minimum Gasteiger partial charge on any atom is -0.504 e. The van der Waals surface area contributed by atoms with E-state index in [9.17, 15) is 9.90 Å². The smallest absolute Gasteiger partial charge is 0.262 e. The summed E-state index contributed by atoms with van der Waals surface area (Å²) in [5.41, 5.74) is 0. The number of aliphatic hydroxyl groups is 1.